The molecule has 0 radical (unpaired) electrons. The molecule has 3 aliphatic rings. The van der Waals surface area contributed by atoms with Gasteiger partial charge in [0.2, 0.25) is 0 Å². The molecular formula is C22H25NO. The van der Waals surface area contributed by atoms with Gasteiger partial charge in [0.05, 0.1) is 0 Å². The summed E-state index contributed by atoms with van der Waals surface area (Å²) in [7, 11) is 0. The van der Waals surface area contributed by atoms with E-state index < -0.39 is 0 Å². The summed E-state index contributed by atoms with van der Waals surface area (Å²) in [4.78, 5) is 2.76. The topological polar surface area (TPSA) is 23.5 Å². The Balaban J connectivity index is 1.49. The van der Waals surface area contributed by atoms with Crippen LogP contribution in [0.25, 0.3) is 0 Å². The van der Waals surface area contributed by atoms with E-state index in [4.69, 9.17) is 0 Å². The first-order valence-electron chi connectivity index (χ1n) is 9.37. The smallest absolute Gasteiger partial charge is 0.115 e. The Morgan fingerprint density at radius 1 is 1.00 bits per heavy atom. The van der Waals surface area contributed by atoms with E-state index in [0.717, 1.165) is 24.7 Å². The van der Waals surface area contributed by atoms with Gasteiger partial charge in [0.15, 0.2) is 0 Å². The summed E-state index contributed by atoms with van der Waals surface area (Å²) in [5, 5.41) is 10.1. The molecular weight excluding hydrogens is 294 g/mol. The Kier molecular flexibility index (Phi) is 3.41. The van der Waals surface area contributed by atoms with Crippen molar-refractivity contribution in [3.63, 3.8) is 0 Å². The summed E-state index contributed by atoms with van der Waals surface area (Å²) in [6.07, 6.45) is 4.95. The zero-order valence-corrected chi connectivity index (χ0v) is 14.1. The van der Waals surface area contributed by atoms with Crippen LogP contribution in [0.4, 0.5) is 0 Å². The van der Waals surface area contributed by atoms with E-state index in [1.54, 1.807) is 0 Å². The molecule has 4 atom stereocenters. The molecule has 2 nitrogen and oxygen atoms in total. The first-order valence-corrected chi connectivity index (χ1v) is 9.37. The number of hydrogen-bond donors (Lipinski definition) is 1. The SMILES string of the molecule is Oc1ccc2c(c1)C(Cc1ccccc1)[C@@H](N1CC3CC3C1)CC2. The van der Waals surface area contributed by atoms with Crippen LogP contribution in [-0.4, -0.2) is 29.1 Å². The quantitative estimate of drug-likeness (QED) is 0.925. The molecule has 1 saturated heterocycles. The highest BCUT2D eigenvalue weighted by atomic mass is 16.3. The molecule has 24 heavy (non-hydrogen) atoms. The van der Waals surface area contributed by atoms with Gasteiger partial charge >= 0.3 is 0 Å². The van der Waals surface area contributed by atoms with Gasteiger partial charge in [-0.2, -0.15) is 0 Å². The summed E-state index contributed by atoms with van der Waals surface area (Å²) >= 11 is 0. The molecule has 0 spiro atoms. The van der Waals surface area contributed by atoms with Gasteiger partial charge in [-0.1, -0.05) is 36.4 Å². The highest BCUT2D eigenvalue weighted by Crippen LogP contribution is 2.48. The second-order valence-electron chi connectivity index (χ2n) is 8.00. The van der Waals surface area contributed by atoms with Crippen LogP contribution in [-0.2, 0) is 12.8 Å². The Labute approximate surface area is 144 Å². The molecule has 0 amide bonds. The van der Waals surface area contributed by atoms with Gasteiger partial charge in [-0.15, -0.1) is 0 Å². The van der Waals surface area contributed by atoms with Gasteiger partial charge in [0.1, 0.15) is 5.75 Å². The first kappa shape index (κ1) is 14.5. The monoisotopic (exact) mass is 319 g/mol. The number of phenols is 1. The minimum atomic E-state index is 0.414. The Morgan fingerprint density at radius 3 is 2.58 bits per heavy atom. The van der Waals surface area contributed by atoms with Crippen molar-refractivity contribution in [1.29, 1.82) is 0 Å². The molecule has 2 aliphatic carbocycles. The number of fused-ring (bicyclic) bond motifs is 2. The molecule has 2 aromatic carbocycles. The van der Waals surface area contributed by atoms with E-state index in [1.165, 1.54) is 42.6 Å². The molecule has 124 valence electrons. The first-order chi connectivity index (χ1) is 11.8. The molecule has 1 aliphatic heterocycles. The number of hydrogen-bond acceptors (Lipinski definition) is 2. The molecule has 2 heteroatoms. The molecule has 3 unspecified atom stereocenters. The molecule has 1 N–H and O–H groups in total. The number of benzene rings is 2. The Morgan fingerprint density at radius 2 is 1.79 bits per heavy atom. The van der Waals surface area contributed by atoms with Crippen molar-refractivity contribution < 1.29 is 5.11 Å². The van der Waals surface area contributed by atoms with Crippen LogP contribution in [0, 0.1) is 11.8 Å². The lowest BCUT2D eigenvalue weighted by Gasteiger charge is -2.40. The zero-order chi connectivity index (χ0) is 16.1. The number of rotatable bonds is 3. The highest BCUT2D eigenvalue weighted by Gasteiger charge is 2.48. The number of aromatic hydroxyl groups is 1. The average molecular weight is 319 g/mol. The fourth-order valence-electron chi connectivity index (χ4n) is 5.12. The summed E-state index contributed by atoms with van der Waals surface area (Å²) in [6.45, 7) is 2.60. The van der Waals surface area contributed by atoms with Crippen LogP contribution in [0.2, 0.25) is 0 Å². The second kappa shape index (κ2) is 5.63. The largest absolute Gasteiger partial charge is 0.508 e. The van der Waals surface area contributed by atoms with Crippen molar-refractivity contribution in [2.24, 2.45) is 11.8 Å². The van der Waals surface area contributed by atoms with Crippen LogP contribution in [0.1, 0.15) is 35.4 Å². The average Bonchev–Trinajstić information content (AvgIpc) is 3.22. The maximum absolute atomic E-state index is 10.1. The lowest BCUT2D eigenvalue weighted by Crippen LogP contribution is -2.42. The molecule has 5 rings (SSSR count). The molecule has 2 fully saturated rings. The van der Waals surface area contributed by atoms with Crippen molar-refractivity contribution in [1.82, 2.24) is 4.90 Å². The second-order valence-corrected chi connectivity index (χ2v) is 8.00. The van der Waals surface area contributed by atoms with Crippen molar-refractivity contribution >= 4 is 0 Å². The predicted molar refractivity (Wildman–Crippen MR) is 96.3 cm³/mol. The van der Waals surface area contributed by atoms with E-state index in [-0.39, 0.29) is 0 Å². The van der Waals surface area contributed by atoms with E-state index in [0.29, 0.717) is 17.7 Å². The molecule has 0 aromatic heterocycles. The molecule has 1 heterocycles. The third-order valence-corrected chi connectivity index (χ3v) is 6.48. The maximum atomic E-state index is 10.1. The summed E-state index contributed by atoms with van der Waals surface area (Å²) in [5.74, 6) is 2.87. The minimum Gasteiger partial charge on any atom is -0.508 e. The summed E-state index contributed by atoms with van der Waals surface area (Å²) < 4.78 is 0. The van der Waals surface area contributed by atoms with E-state index >= 15 is 0 Å². The van der Waals surface area contributed by atoms with Gasteiger partial charge in [-0.25, -0.2) is 0 Å². The maximum Gasteiger partial charge on any atom is 0.115 e. The number of likely N-dealkylation sites (tertiary alicyclic amines) is 1. The Hall–Kier alpha value is -1.80. The number of phenolic OH excluding ortho intramolecular Hbond substituents is 1. The van der Waals surface area contributed by atoms with Crippen LogP contribution in [0.5, 0.6) is 5.75 Å². The van der Waals surface area contributed by atoms with E-state index in [1.807, 2.05) is 12.1 Å². The van der Waals surface area contributed by atoms with E-state index in [2.05, 4.69) is 41.3 Å². The van der Waals surface area contributed by atoms with Crippen molar-refractivity contribution in [2.45, 2.75) is 37.6 Å². The van der Waals surface area contributed by atoms with Crippen molar-refractivity contribution in [2.75, 3.05) is 13.1 Å². The molecule has 0 bridgehead atoms. The van der Waals surface area contributed by atoms with Gasteiger partial charge in [0, 0.05) is 25.0 Å². The standard InChI is InChI=1S/C22H25NO/c24-19-8-6-16-7-9-22(23-13-17-11-18(17)14-23)21(20(16)12-19)10-15-4-2-1-3-5-15/h1-6,8,12,17-18,21-22,24H,7,9-11,13-14H2/t17?,18?,21?,22-/m0/s1. The van der Waals surface area contributed by atoms with Gasteiger partial charge in [-0.05, 0) is 66.3 Å². The lowest BCUT2D eigenvalue weighted by molar-refractivity contribution is 0.170. The van der Waals surface area contributed by atoms with Crippen LogP contribution < -0.4 is 0 Å². The van der Waals surface area contributed by atoms with Crippen LogP contribution >= 0.6 is 0 Å². The molecule has 2 aromatic rings. The highest BCUT2D eigenvalue weighted by molar-refractivity contribution is 5.41. The molecule has 1 saturated carbocycles. The zero-order valence-electron chi connectivity index (χ0n) is 14.1. The fraction of sp³-hybridized carbons (Fsp3) is 0.455. The predicted octanol–water partition coefficient (Wildman–Crippen LogP) is 3.99. The Bertz CT molecular complexity index is 731. The van der Waals surface area contributed by atoms with Crippen molar-refractivity contribution in [3.05, 3.63) is 65.2 Å². The third-order valence-electron chi connectivity index (χ3n) is 6.48. The van der Waals surface area contributed by atoms with Gasteiger partial charge < -0.3 is 5.11 Å². The van der Waals surface area contributed by atoms with Crippen molar-refractivity contribution in [3.8, 4) is 5.75 Å². The lowest BCUT2D eigenvalue weighted by atomic mass is 9.75. The van der Waals surface area contributed by atoms with Crippen LogP contribution in [0.15, 0.2) is 48.5 Å². The van der Waals surface area contributed by atoms with Gasteiger partial charge in [0.25, 0.3) is 0 Å². The summed E-state index contributed by atoms with van der Waals surface area (Å²) in [5.41, 5.74) is 4.23. The van der Waals surface area contributed by atoms with Crippen LogP contribution in [0.3, 0.4) is 0 Å². The normalized spacial score (nSPS) is 31.5. The number of piperidine rings is 1. The van der Waals surface area contributed by atoms with Gasteiger partial charge in [-0.3, -0.25) is 4.90 Å². The summed E-state index contributed by atoms with van der Waals surface area (Å²) in [6, 6.07) is 17.5. The minimum absolute atomic E-state index is 0.414. The van der Waals surface area contributed by atoms with E-state index in [9.17, 15) is 5.11 Å². The third kappa shape index (κ3) is 2.53. The fourth-order valence-corrected chi connectivity index (χ4v) is 5.12. The number of aryl methyl sites for hydroxylation is 1. The number of nitrogens with zero attached hydrogens (tertiary/aromatic N) is 1.